The van der Waals surface area contributed by atoms with E-state index in [-0.39, 0.29) is 6.61 Å². The van der Waals surface area contributed by atoms with Crippen molar-refractivity contribution in [3.63, 3.8) is 0 Å². The number of hydrogen-bond acceptors (Lipinski definition) is 4. The van der Waals surface area contributed by atoms with E-state index in [0.29, 0.717) is 17.9 Å². The normalized spacial score (nSPS) is 9.76. The third kappa shape index (κ3) is 3.90. The van der Waals surface area contributed by atoms with Crippen LogP contribution in [0, 0.1) is 0 Å². The SMILES string of the molecule is CCCOc1ccc(C(=O)C(=O)OCC)cc1. The summed E-state index contributed by atoms with van der Waals surface area (Å²) in [6.07, 6.45) is 0.920. The molecule has 1 aromatic rings. The number of ether oxygens (including phenoxy) is 2. The second-order valence-electron chi connectivity index (χ2n) is 3.42. The highest BCUT2D eigenvalue weighted by Crippen LogP contribution is 2.13. The molecule has 1 aromatic carbocycles. The van der Waals surface area contributed by atoms with E-state index in [1.165, 1.54) is 0 Å². The minimum absolute atomic E-state index is 0.197. The molecule has 0 radical (unpaired) electrons. The lowest BCUT2D eigenvalue weighted by Crippen LogP contribution is -2.17. The number of carbonyl (C=O) groups excluding carboxylic acids is 2. The lowest BCUT2D eigenvalue weighted by molar-refractivity contribution is -0.137. The highest BCUT2D eigenvalue weighted by atomic mass is 16.5. The van der Waals surface area contributed by atoms with Gasteiger partial charge in [0.1, 0.15) is 5.75 Å². The molecule has 0 saturated heterocycles. The van der Waals surface area contributed by atoms with E-state index in [1.807, 2.05) is 6.92 Å². The first kappa shape index (κ1) is 13.2. The number of rotatable bonds is 6. The fourth-order valence-electron chi connectivity index (χ4n) is 1.24. The zero-order valence-corrected chi connectivity index (χ0v) is 10.1. The molecule has 0 aromatic heterocycles. The van der Waals surface area contributed by atoms with Gasteiger partial charge in [0.15, 0.2) is 0 Å². The highest BCUT2D eigenvalue weighted by Gasteiger charge is 2.16. The number of carbonyl (C=O) groups is 2. The molecule has 0 amide bonds. The minimum atomic E-state index is -0.824. The van der Waals surface area contributed by atoms with Crippen LogP contribution in [0.2, 0.25) is 0 Å². The van der Waals surface area contributed by atoms with Crippen LogP contribution in [0.3, 0.4) is 0 Å². The van der Waals surface area contributed by atoms with Gasteiger partial charge >= 0.3 is 5.97 Å². The van der Waals surface area contributed by atoms with Gasteiger partial charge in [-0.2, -0.15) is 0 Å². The quantitative estimate of drug-likeness (QED) is 0.431. The fourth-order valence-corrected chi connectivity index (χ4v) is 1.24. The predicted octanol–water partition coefficient (Wildman–Crippen LogP) is 2.22. The average Bonchev–Trinajstić information content (AvgIpc) is 2.36. The third-order valence-corrected chi connectivity index (χ3v) is 2.05. The Morgan fingerprint density at radius 1 is 1.12 bits per heavy atom. The van der Waals surface area contributed by atoms with Gasteiger partial charge in [0, 0.05) is 5.56 Å². The zero-order chi connectivity index (χ0) is 12.7. The van der Waals surface area contributed by atoms with Crippen molar-refractivity contribution in [2.45, 2.75) is 20.3 Å². The molecule has 0 heterocycles. The molecule has 0 N–H and O–H groups in total. The summed E-state index contributed by atoms with van der Waals surface area (Å²) in [5, 5.41) is 0. The Kier molecular flexibility index (Phi) is 5.20. The molecule has 0 aliphatic rings. The van der Waals surface area contributed by atoms with E-state index in [1.54, 1.807) is 31.2 Å². The molecule has 0 spiro atoms. The van der Waals surface area contributed by atoms with Crippen molar-refractivity contribution in [3.05, 3.63) is 29.8 Å². The Bertz CT molecular complexity index is 381. The van der Waals surface area contributed by atoms with Gasteiger partial charge in [0.25, 0.3) is 5.78 Å². The van der Waals surface area contributed by atoms with Gasteiger partial charge in [-0.15, -0.1) is 0 Å². The lowest BCUT2D eigenvalue weighted by atomic mass is 10.1. The van der Waals surface area contributed by atoms with Gasteiger partial charge in [0.05, 0.1) is 13.2 Å². The summed E-state index contributed by atoms with van der Waals surface area (Å²) < 4.78 is 10.0. The van der Waals surface area contributed by atoms with Crippen LogP contribution < -0.4 is 4.74 Å². The number of Topliss-reactive ketones (excluding diaryl/α,β-unsaturated/α-hetero) is 1. The van der Waals surface area contributed by atoms with Crippen molar-refractivity contribution in [2.75, 3.05) is 13.2 Å². The van der Waals surface area contributed by atoms with E-state index in [4.69, 9.17) is 4.74 Å². The Balaban J connectivity index is 2.67. The van der Waals surface area contributed by atoms with Gasteiger partial charge in [-0.3, -0.25) is 4.79 Å². The van der Waals surface area contributed by atoms with Crippen molar-refractivity contribution < 1.29 is 19.1 Å². The molecule has 0 saturated carbocycles. The second-order valence-corrected chi connectivity index (χ2v) is 3.42. The maximum absolute atomic E-state index is 11.5. The molecule has 0 bridgehead atoms. The molecule has 0 unspecified atom stereocenters. The van der Waals surface area contributed by atoms with E-state index in [9.17, 15) is 9.59 Å². The molecule has 0 aliphatic carbocycles. The van der Waals surface area contributed by atoms with E-state index in [0.717, 1.165) is 6.42 Å². The molecule has 0 fully saturated rings. The van der Waals surface area contributed by atoms with Crippen LogP contribution in [-0.4, -0.2) is 25.0 Å². The molecule has 0 aliphatic heterocycles. The van der Waals surface area contributed by atoms with Gasteiger partial charge in [-0.05, 0) is 37.6 Å². The predicted molar refractivity (Wildman–Crippen MR) is 63.2 cm³/mol. The summed E-state index contributed by atoms with van der Waals surface area (Å²) in [4.78, 5) is 22.7. The molecule has 1 rings (SSSR count). The summed E-state index contributed by atoms with van der Waals surface area (Å²) >= 11 is 0. The van der Waals surface area contributed by atoms with Crippen LogP contribution >= 0.6 is 0 Å². The monoisotopic (exact) mass is 236 g/mol. The summed E-state index contributed by atoms with van der Waals surface area (Å²) in [7, 11) is 0. The van der Waals surface area contributed by atoms with Crippen molar-refractivity contribution >= 4 is 11.8 Å². The van der Waals surface area contributed by atoms with Gasteiger partial charge < -0.3 is 9.47 Å². The third-order valence-electron chi connectivity index (χ3n) is 2.05. The first-order valence-corrected chi connectivity index (χ1v) is 5.63. The van der Waals surface area contributed by atoms with Crippen molar-refractivity contribution in [2.24, 2.45) is 0 Å². The van der Waals surface area contributed by atoms with Crippen molar-refractivity contribution in [3.8, 4) is 5.75 Å². The maximum atomic E-state index is 11.5. The Hall–Kier alpha value is -1.84. The first-order valence-electron chi connectivity index (χ1n) is 5.63. The average molecular weight is 236 g/mol. The summed E-state index contributed by atoms with van der Waals surface area (Å²) in [6, 6.07) is 6.46. The van der Waals surface area contributed by atoms with Crippen LogP contribution in [0.5, 0.6) is 5.75 Å². The van der Waals surface area contributed by atoms with Crippen molar-refractivity contribution in [1.29, 1.82) is 0 Å². The number of ketones is 1. The topological polar surface area (TPSA) is 52.6 Å². The maximum Gasteiger partial charge on any atom is 0.379 e. The van der Waals surface area contributed by atoms with Crippen LogP contribution in [0.25, 0.3) is 0 Å². The molecule has 17 heavy (non-hydrogen) atoms. The van der Waals surface area contributed by atoms with Crippen LogP contribution in [-0.2, 0) is 9.53 Å². The molecule has 92 valence electrons. The fraction of sp³-hybridized carbons (Fsp3) is 0.385. The number of benzene rings is 1. The van der Waals surface area contributed by atoms with Crippen LogP contribution in [0.15, 0.2) is 24.3 Å². The zero-order valence-electron chi connectivity index (χ0n) is 10.1. The second kappa shape index (κ2) is 6.68. The smallest absolute Gasteiger partial charge is 0.379 e. The number of hydrogen-bond donors (Lipinski definition) is 0. The number of esters is 1. The molecule has 4 heteroatoms. The molecule has 0 atom stereocenters. The standard InChI is InChI=1S/C13H16O4/c1-3-9-17-11-7-5-10(6-8-11)12(14)13(15)16-4-2/h5-8H,3-4,9H2,1-2H3. The molecular formula is C13H16O4. The van der Waals surface area contributed by atoms with Gasteiger partial charge in [-0.1, -0.05) is 6.92 Å². The van der Waals surface area contributed by atoms with Crippen molar-refractivity contribution in [1.82, 2.24) is 0 Å². The Morgan fingerprint density at radius 2 is 1.76 bits per heavy atom. The molecule has 4 nitrogen and oxygen atoms in total. The molecular weight excluding hydrogens is 220 g/mol. The minimum Gasteiger partial charge on any atom is -0.494 e. The van der Waals surface area contributed by atoms with E-state index < -0.39 is 11.8 Å². The largest absolute Gasteiger partial charge is 0.494 e. The van der Waals surface area contributed by atoms with Crippen LogP contribution in [0.4, 0.5) is 0 Å². The van der Waals surface area contributed by atoms with E-state index in [2.05, 4.69) is 4.74 Å². The van der Waals surface area contributed by atoms with E-state index >= 15 is 0 Å². The Labute approximate surface area is 101 Å². The highest BCUT2D eigenvalue weighted by molar-refractivity contribution is 6.40. The first-order chi connectivity index (χ1) is 8.19. The summed E-state index contributed by atoms with van der Waals surface area (Å²) in [6.45, 7) is 4.50. The van der Waals surface area contributed by atoms with Crippen LogP contribution in [0.1, 0.15) is 30.6 Å². The van der Waals surface area contributed by atoms with Gasteiger partial charge in [-0.25, -0.2) is 4.79 Å². The summed E-state index contributed by atoms with van der Waals surface area (Å²) in [5.74, 6) is -0.768. The Morgan fingerprint density at radius 3 is 2.29 bits per heavy atom. The lowest BCUT2D eigenvalue weighted by Gasteiger charge is -2.05. The summed E-state index contributed by atoms with van der Waals surface area (Å²) in [5.41, 5.74) is 0.312. The van der Waals surface area contributed by atoms with Gasteiger partial charge in [0.2, 0.25) is 0 Å².